The summed E-state index contributed by atoms with van der Waals surface area (Å²) in [5.41, 5.74) is 1.60. The summed E-state index contributed by atoms with van der Waals surface area (Å²) in [5.74, 6) is -0.280. The Bertz CT molecular complexity index is 962. The molecule has 0 aliphatic rings. The summed E-state index contributed by atoms with van der Waals surface area (Å²) in [6, 6.07) is 27.5. The molecule has 0 saturated carbocycles. The third kappa shape index (κ3) is 5.34. The van der Waals surface area contributed by atoms with E-state index in [1.54, 1.807) is 12.1 Å². The van der Waals surface area contributed by atoms with E-state index in [9.17, 15) is 9.18 Å². The SMILES string of the molecule is Cc1ccc(C(=O)NCC(F)CO[Si](c2ccccc2)(c2ccccc2)C(C)(C)C)cc1. The van der Waals surface area contributed by atoms with Crippen molar-refractivity contribution in [2.24, 2.45) is 0 Å². The van der Waals surface area contributed by atoms with Gasteiger partial charge in [-0.15, -0.1) is 0 Å². The molecule has 0 fully saturated rings. The zero-order chi connectivity index (χ0) is 23.2. The molecule has 0 radical (unpaired) electrons. The van der Waals surface area contributed by atoms with E-state index in [4.69, 9.17) is 4.43 Å². The number of carbonyl (C=O) groups is 1. The van der Waals surface area contributed by atoms with Gasteiger partial charge >= 0.3 is 0 Å². The molecule has 168 valence electrons. The summed E-state index contributed by atoms with van der Waals surface area (Å²) in [6.45, 7) is 8.26. The molecule has 0 saturated heterocycles. The topological polar surface area (TPSA) is 38.3 Å². The Balaban J connectivity index is 1.78. The standard InChI is InChI=1S/C27H32FNO2Si/c1-21-15-17-22(18-16-21)26(30)29-19-23(28)20-31-32(27(2,3)4,24-11-7-5-8-12-24)25-13-9-6-10-14-25/h5-18,23H,19-20H2,1-4H3,(H,29,30). The van der Waals surface area contributed by atoms with Crippen LogP contribution in [0.15, 0.2) is 84.9 Å². The van der Waals surface area contributed by atoms with Crippen molar-refractivity contribution in [2.45, 2.75) is 38.9 Å². The minimum Gasteiger partial charge on any atom is -0.404 e. The van der Waals surface area contributed by atoms with Crippen LogP contribution in [-0.2, 0) is 4.43 Å². The molecule has 1 N–H and O–H groups in total. The van der Waals surface area contributed by atoms with Crippen LogP contribution in [-0.4, -0.2) is 33.5 Å². The van der Waals surface area contributed by atoms with Gasteiger partial charge in [0.1, 0.15) is 6.17 Å². The van der Waals surface area contributed by atoms with E-state index in [1.807, 2.05) is 55.5 Å². The fraction of sp³-hybridized carbons (Fsp3) is 0.296. The zero-order valence-electron chi connectivity index (χ0n) is 19.3. The second kappa shape index (κ2) is 10.2. The number of amides is 1. The van der Waals surface area contributed by atoms with Crippen molar-refractivity contribution in [3.8, 4) is 0 Å². The molecule has 0 heterocycles. The van der Waals surface area contributed by atoms with E-state index < -0.39 is 14.5 Å². The summed E-state index contributed by atoms with van der Waals surface area (Å²) in [5, 5.41) is 4.68. The highest BCUT2D eigenvalue weighted by Crippen LogP contribution is 2.36. The third-order valence-electron chi connectivity index (χ3n) is 5.70. The van der Waals surface area contributed by atoms with Crippen LogP contribution in [0, 0.1) is 6.92 Å². The minimum atomic E-state index is -2.79. The van der Waals surface area contributed by atoms with Gasteiger partial charge in [-0.2, -0.15) is 0 Å². The number of alkyl halides is 1. The highest BCUT2D eigenvalue weighted by Gasteiger charge is 2.50. The molecule has 1 atom stereocenters. The number of hydrogen-bond donors (Lipinski definition) is 1. The number of rotatable bonds is 8. The van der Waals surface area contributed by atoms with Crippen LogP contribution >= 0.6 is 0 Å². The van der Waals surface area contributed by atoms with E-state index in [-0.39, 0.29) is 24.1 Å². The molecule has 0 spiro atoms. The Morgan fingerprint density at radius 1 is 0.906 bits per heavy atom. The van der Waals surface area contributed by atoms with Crippen LogP contribution in [0.1, 0.15) is 36.7 Å². The molecule has 3 rings (SSSR count). The molecule has 0 aliphatic carbocycles. The van der Waals surface area contributed by atoms with Gasteiger partial charge in [0.05, 0.1) is 13.2 Å². The first-order chi connectivity index (χ1) is 15.2. The maximum absolute atomic E-state index is 15.0. The summed E-state index contributed by atoms with van der Waals surface area (Å²) in [7, 11) is -2.79. The summed E-state index contributed by atoms with van der Waals surface area (Å²) in [6.07, 6.45) is -1.31. The smallest absolute Gasteiger partial charge is 0.261 e. The molecule has 3 aromatic rings. The van der Waals surface area contributed by atoms with Gasteiger partial charge in [0.2, 0.25) is 0 Å². The number of benzene rings is 3. The molecule has 1 amide bonds. The van der Waals surface area contributed by atoms with Crippen molar-refractivity contribution in [3.05, 3.63) is 96.1 Å². The summed E-state index contributed by atoms with van der Waals surface area (Å²) in [4.78, 5) is 12.4. The van der Waals surface area contributed by atoms with Gasteiger partial charge < -0.3 is 9.74 Å². The Hall–Kier alpha value is -2.76. The molecule has 3 nitrogen and oxygen atoms in total. The van der Waals surface area contributed by atoms with E-state index in [1.165, 1.54) is 0 Å². The van der Waals surface area contributed by atoms with Crippen molar-refractivity contribution in [2.75, 3.05) is 13.2 Å². The van der Waals surface area contributed by atoms with Crippen LogP contribution < -0.4 is 15.7 Å². The van der Waals surface area contributed by atoms with Gasteiger partial charge in [-0.25, -0.2) is 4.39 Å². The number of nitrogens with one attached hydrogen (secondary N) is 1. The largest absolute Gasteiger partial charge is 0.404 e. The Morgan fingerprint density at radius 3 is 1.88 bits per heavy atom. The van der Waals surface area contributed by atoms with Gasteiger partial charge in [-0.3, -0.25) is 4.79 Å². The van der Waals surface area contributed by atoms with Crippen molar-refractivity contribution < 1.29 is 13.6 Å². The van der Waals surface area contributed by atoms with E-state index in [0.29, 0.717) is 5.56 Å². The fourth-order valence-corrected chi connectivity index (χ4v) is 8.63. The Labute approximate surface area is 191 Å². The number of halogens is 1. The first kappa shape index (κ1) is 23.9. The molecule has 0 aliphatic heterocycles. The number of hydrogen-bond acceptors (Lipinski definition) is 2. The average Bonchev–Trinajstić information content (AvgIpc) is 2.79. The molecule has 0 aromatic heterocycles. The van der Waals surface area contributed by atoms with Gasteiger partial charge in [0.15, 0.2) is 0 Å². The van der Waals surface area contributed by atoms with Crippen LogP contribution in [0.25, 0.3) is 0 Å². The second-order valence-electron chi connectivity index (χ2n) is 9.15. The Morgan fingerprint density at radius 2 is 1.41 bits per heavy atom. The quantitative estimate of drug-likeness (QED) is 0.509. The minimum absolute atomic E-state index is 0.0819. The van der Waals surface area contributed by atoms with E-state index in [0.717, 1.165) is 15.9 Å². The maximum Gasteiger partial charge on any atom is 0.261 e. The lowest BCUT2D eigenvalue weighted by molar-refractivity contribution is 0.0930. The van der Waals surface area contributed by atoms with Gasteiger partial charge in [0.25, 0.3) is 14.2 Å². The van der Waals surface area contributed by atoms with Gasteiger partial charge in [-0.1, -0.05) is 99.1 Å². The molecule has 5 heteroatoms. The lowest BCUT2D eigenvalue weighted by atomic mass is 10.1. The first-order valence-electron chi connectivity index (χ1n) is 11.0. The van der Waals surface area contributed by atoms with Crippen molar-refractivity contribution in [1.82, 2.24) is 5.32 Å². The summed E-state index contributed by atoms with van der Waals surface area (Å²) < 4.78 is 21.6. The number of carbonyl (C=O) groups excluding carboxylic acids is 1. The van der Waals surface area contributed by atoms with E-state index in [2.05, 4.69) is 50.4 Å². The molecule has 1 unspecified atom stereocenters. The van der Waals surface area contributed by atoms with Crippen LogP contribution in [0.2, 0.25) is 5.04 Å². The highest BCUT2D eigenvalue weighted by molar-refractivity contribution is 6.99. The second-order valence-corrected chi connectivity index (χ2v) is 13.5. The highest BCUT2D eigenvalue weighted by atomic mass is 28.4. The average molecular weight is 450 g/mol. The predicted molar refractivity (Wildman–Crippen MR) is 132 cm³/mol. The lowest BCUT2D eigenvalue weighted by Gasteiger charge is -2.43. The van der Waals surface area contributed by atoms with Crippen LogP contribution in [0.4, 0.5) is 4.39 Å². The normalized spacial score (nSPS) is 12.9. The molecule has 0 bridgehead atoms. The Kier molecular flexibility index (Phi) is 7.64. The van der Waals surface area contributed by atoms with Crippen LogP contribution in [0.5, 0.6) is 0 Å². The molecule has 32 heavy (non-hydrogen) atoms. The molecular weight excluding hydrogens is 417 g/mol. The predicted octanol–water partition coefficient (Wildman–Crippen LogP) is 4.64. The lowest BCUT2D eigenvalue weighted by Crippen LogP contribution is -2.67. The van der Waals surface area contributed by atoms with Gasteiger partial charge in [-0.05, 0) is 34.5 Å². The van der Waals surface area contributed by atoms with Crippen molar-refractivity contribution in [3.63, 3.8) is 0 Å². The molecular formula is C27H32FNO2Si. The van der Waals surface area contributed by atoms with Crippen LogP contribution in [0.3, 0.4) is 0 Å². The van der Waals surface area contributed by atoms with Crippen molar-refractivity contribution >= 4 is 24.6 Å². The number of aryl methyl sites for hydroxylation is 1. The maximum atomic E-state index is 15.0. The van der Waals surface area contributed by atoms with Crippen molar-refractivity contribution in [1.29, 1.82) is 0 Å². The monoisotopic (exact) mass is 449 g/mol. The zero-order valence-corrected chi connectivity index (χ0v) is 20.3. The molecule has 3 aromatic carbocycles. The summed E-state index contributed by atoms with van der Waals surface area (Å²) >= 11 is 0. The van der Waals surface area contributed by atoms with Gasteiger partial charge in [0, 0.05) is 5.56 Å². The third-order valence-corrected chi connectivity index (χ3v) is 10.7. The first-order valence-corrected chi connectivity index (χ1v) is 12.9. The fourth-order valence-electron chi connectivity index (χ4n) is 4.05. The van der Waals surface area contributed by atoms with E-state index >= 15 is 0 Å².